The zero-order chi connectivity index (χ0) is 42.2. The number of fused-ring (bicyclic) bond motifs is 3. The van der Waals surface area contributed by atoms with Gasteiger partial charge in [0, 0.05) is 16.7 Å². The second-order valence-corrected chi connectivity index (χ2v) is 15.9. The van der Waals surface area contributed by atoms with E-state index in [-0.39, 0.29) is 0 Å². The van der Waals surface area contributed by atoms with E-state index in [0.717, 1.165) is 50.1 Å². The van der Waals surface area contributed by atoms with Crippen LogP contribution in [0.25, 0.3) is 78.7 Å². The summed E-state index contributed by atoms with van der Waals surface area (Å²) in [6, 6.07) is 83.2. The number of nitriles is 1. The third kappa shape index (κ3) is 6.61. The lowest BCUT2D eigenvalue weighted by Gasteiger charge is -2.34. The van der Waals surface area contributed by atoms with Gasteiger partial charge in [0.25, 0.3) is 0 Å². The van der Waals surface area contributed by atoms with Gasteiger partial charge in [0.2, 0.25) is 0 Å². The molecular weight excluding hydrogens is 765 g/mol. The molecule has 1 aromatic heterocycles. The largest absolute Gasteiger partial charge is 0.208 e. The second-order valence-electron chi connectivity index (χ2n) is 15.9. The van der Waals surface area contributed by atoms with Gasteiger partial charge in [-0.3, -0.25) is 0 Å². The van der Waals surface area contributed by atoms with Crippen molar-refractivity contribution in [2.24, 2.45) is 0 Å². The molecule has 63 heavy (non-hydrogen) atoms. The molecule has 0 amide bonds. The van der Waals surface area contributed by atoms with Crippen molar-refractivity contribution in [2.75, 3.05) is 0 Å². The van der Waals surface area contributed by atoms with Gasteiger partial charge in [0.1, 0.15) is 0 Å². The molecule has 0 aliphatic heterocycles. The van der Waals surface area contributed by atoms with Crippen molar-refractivity contribution in [2.45, 2.75) is 5.41 Å². The zero-order valence-corrected chi connectivity index (χ0v) is 34.2. The van der Waals surface area contributed by atoms with E-state index in [1.165, 1.54) is 33.4 Å². The summed E-state index contributed by atoms with van der Waals surface area (Å²) < 4.78 is 0. The summed E-state index contributed by atoms with van der Waals surface area (Å²) >= 11 is 0. The molecule has 0 saturated heterocycles. The zero-order valence-electron chi connectivity index (χ0n) is 34.2. The van der Waals surface area contributed by atoms with Gasteiger partial charge < -0.3 is 0 Å². The molecule has 0 atom stereocenters. The molecule has 10 aromatic rings. The first-order valence-corrected chi connectivity index (χ1v) is 21.2. The van der Waals surface area contributed by atoms with Crippen LogP contribution in [0.5, 0.6) is 0 Å². The highest BCUT2D eigenvalue weighted by Gasteiger charge is 2.46. The normalized spacial score (nSPS) is 12.2. The van der Waals surface area contributed by atoms with E-state index >= 15 is 0 Å². The Kier molecular flexibility index (Phi) is 9.41. The maximum atomic E-state index is 9.68. The molecule has 0 unspecified atom stereocenters. The monoisotopic (exact) mass is 802 g/mol. The van der Waals surface area contributed by atoms with Crippen molar-refractivity contribution >= 4 is 0 Å². The van der Waals surface area contributed by atoms with Crippen LogP contribution in [0.15, 0.2) is 231 Å². The van der Waals surface area contributed by atoms with Crippen LogP contribution >= 0.6 is 0 Å². The Morgan fingerprint density at radius 3 is 1.17 bits per heavy atom. The summed E-state index contributed by atoms with van der Waals surface area (Å²) in [4.78, 5) is 14.7. The first-order valence-electron chi connectivity index (χ1n) is 21.2. The minimum Gasteiger partial charge on any atom is -0.208 e. The average molecular weight is 803 g/mol. The van der Waals surface area contributed by atoms with Gasteiger partial charge in [-0.25, -0.2) is 15.0 Å². The Morgan fingerprint density at radius 1 is 0.302 bits per heavy atom. The van der Waals surface area contributed by atoms with E-state index in [2.05, 4.69) is 164 Å². The number of hydrogen-bond acceptors (Lipinski definition) is 4. The average Bonchev–Trinajstić information content (AvgIpc) is 3.67. The summed E-state index contributed by atoms with van der Waals surface area (Å²) in [6.07, 6.45) is 0. The van der Waals surface area contributed by atoms with Gasteiger partial charge in [-0.2, -0.15) is 5.26 Å². The molecule has 294 valence electrons. The van der Waals surface area contributed by atoms with Crippen LogP contribution in [0.4, 0.5) is 0 Å². The summed E-state index contributed by atoms with van der Waals surface area (Å²) in [5.41, 5.74) is 16.9. The van der Waals surface area contributed by atoms with Crippen LogP contribution in [0.3, 0.4) is 0 Å². The molecule has 4 nitrogen and oxygen atoms in total. The van der Waals surface area contributed by atoms with Crippen molar-refractivity contribution in [1.82, 2.24) is 15.0 Å². The minimum atomic E-state index is -0.531. The van der Waals surface area contributed by atoms with Crippen molar-refractivity contribution in [3.63, 3.8) is 0 Å². The maximum Gasteiger partial charge on any atom is 0.164 e. The SMILES string of the molecule is N#Cc1ccc(-c2cc3c(cc2-c2ccc(-c4ccc(-c5nc(-c6ccccc6)nc(-c6ccccc6)n5)cc4)cc2)C(c2ccccc2)(c2ccccc2)c2ccccc2-3)cc1. The third-order valence-electron chi connectivity index (χ3n) is 12.3. The highest BCUT2D eigenvalue weighted by molar-refractivity contribution is 5.95. The number of benzene rings is 9. The molecule has 0 fully saturated rings. The van der Waals surface area contributed by atoms with E-state index in [1.807, 2.05) is 72.8 Å². The summed E-state index contributed by atoms with van der Waals surface area (Å²) in [5.74, 6) is 1.90. The topological polar surface area (TPSA) is 62.5 Å². The van der Waals surface area contributed by atoms with Gasteiger partial charge in [0.05, 0.1) is 17.0 Å². The van der Waals surface area contributed by atoms with E-state index in [1.54, 1.807) is 0 Å². The number of rotatable bonds is 8. The molecule has 0 saturated carbocycles. The van der Waals surface area contributed by atoms with Crippen LogP contribution in [0.1, 0.15) is 27.8 Å². The fourth-order valence-corrected chi connectivity index (χ4v) is 9.28. The molecule has 11 rings (SSSR count). The predicted octanol–water partition coefficient (Wildman–Crippen LogP) is 14.1. The van der Waals surface area contributed by atoms with E-state index < -0.39 is 5.41 Å². The first-order chi connectivity index (χ1) is 31.2. The maximum absolute atomic E-state index is 9.68. The fraction of sp³-hybridized carbons (Fsp3) is 0.0169. The van der Waals surface area contributed by atoms with Gasteiger partial charge in [-0.05, 0) is 91.0 Å². The van der Waals surface area contributed by atoms with E-state index in [9.17, 15) is 5.26 Å². The Bertz CT molecular complexity index is 3190. The highest BCUT2D eigenvalue weighted by Crippen LogP contribution is 2.58. The van der Waals surface area contributed by atoms with Crippen LogP contribution in [0.2, 0.25) is 0 Å². The fourth-order valence-electron chi connectivity index (χ4n) is 9.28. The van der Waals surface area contributed by atoms with Crippen LogP contribution in [-0.4, -0.2) is 15.0 Å². The van der Waals surface area contributed by atoms with Crippen molar-refractivity contribution in [3.05, 3.63) is 258 Å². The Morgan fingerprint density at radius 2 is 0.683 bits per heavy atom. The highest BCUT2D eigenvalue weighted by atomic mass is 15.0. The molecule has 0 bridgehead atoms. The lowest BCUT2D eigenvalue weighted by molar-refractivity contribution is 0.769. The molecule has 1 aliphatic carbocycles. The van der Waals surface area contributed by atoms with Gasteiger partial charge in [-0.15, -0.1) is 0 Å². The second kappa shape index (κ2) is 15.8. The van der Waals surface area contributed by atoms with E-state index in [0.29, 0.717) is 23.0 Å². The Hall–Kier alpha value is -8.52. The van der Waals surface area contributed by atoms with Gasteiger partial charge >= 0.3 is 0 Å². The number of aromatic nitrogens is 3. The van der Waals surface area contributed by atoms with Crippen LogP contribution < -0.4 is 0 Å². The number of hydrogen-bond donors (Lipinski definition) is 0. The van der Waals surface area contributed by atoms with E-state index in [4.69, 9.17) is 15.0 Å². The lowest BCUT2D eigenvalue weighted by Crippen LogP contribution is -2.28. The quantitative estimate of drug-likeness (QED) is 0.153. The summed E-state index contributed by atoms with van der Waals surface area (Å²) in [5, 5.41) is 9.68. The minimum absolute atomic E-state index is 0.531. The van der Waals surface area contributed by atoms with Crippen molar-refractivity contribution in [1.29, 1.82) is 5.26 Å². The molecule has 0 radical (unpaired) electrons. The first kappa shape index (κ1) is 37.5. The molecule has 9 aromatic carbocycles. The summed E-state index contributed by atoms with van der Waals surface area (Å²) in [7, 11) is 0. The van der Waals surface area contributed by atoms with Crippen molar-refractivity contribution in [3.8, 4) is 84.7 Å². The van der Waals surface area contributed by atoms with Gasteiger partial charge in [0.15, 0.2) is 17.5 Å². The lowest BCUT2D eigenvalue weighted by atomic mass is 9.67. The molecular formula is C59H38N4. The van der Waals surface area contributed by atoms with Crippen LogP contribution in [-0.2, 0) is 5.41 Å². The molecule has 0 N–H and O–H groups in total. The van der Waals surface area contributed by atoms with Crippen molar-refractivity contribution < 1.29 is 0 Å². The van der Waals surface area contributed by atoms with Crippen LogP contribution in [0, 0.1) is 11.3 Å². The number of nitrogens with zero attached hydrogens (tertiary/aromatic N) is 4. The molecule has 1 heterocycles. The Balaban J connectivity index is 1.02. The summed E-state index contributed by atoms with van der Waals surface area (Å²) in [6.45, 7) is 0. The molecule has 4 heteroatoms. The predicted molar refractivity (Wildman–Crippen MR) is 254 cm³/mol. The smallest absolute Gasteiger partial charge is 0.164 e. The Labute approximate surface area is 367 Å². The molecule has 0 spiro atoms. The molecule has 1 aliphatic rings. The third-order valence-corrected chi connectivity index (χ3v) is 12.3. The van der Waals surface area contributed by atoms with Gasteiger partial charge in [-0.1, -0.05) is 206 Å². The standard InChI is InChI=1S/C59H38N4/c60-39-40-25-27-43(28-26-40)51-37-53-50-23-13-14-24-54(50)59(48-19-9-3-10-20-48,49-21-11-4-12-22-49)55(53)38-52(51)44-33-29-41(30-34-44)42-31-35-47(36-32-42)58-62-56(45-15-5-1-6-16-45)61-57(63-58)46-17-7-2-8-18-46/h1-38H.